The number of pyridine rings is 1. The largest absolute Gasteiger partial charge is 0.382 e. The number of aryl methyl sites for hydroxylation is 2. The fraction of sp³-hybridized carbons (Fsp3) is 0.480. The topological polar surface area (TPSA) is 90.7 Å². The van der Waals surface area contributed by atoms with Crippen LogP contribution in [0.25, 0.3) is 22.0 Å². The van der Waals surface area contributed by atoms with Crippen molar-refractivity contribution in [3.05, 3.63) is 46.5 Å². The predicted molar refractivity (Wildman–Crippen MR) is 131 cm³/mol. The van der Waals surface area contributed by atoms with Crippen molar-refractivity contribution >= 4 is 26.3 Å². The standard InChI is InChI=1S/C25H32N4O2S/c1-15-4-6-17(7-5-15)28-23-11-10-19(32(26,31)18-8-9-18)13-20(23)22-14-29(3)25(30)24-21(22)12-16(2)27-24/h10-15,17-18,26-28H,4-9H2,1-3H3/t15-,17-,32?. The van der Waals surface area contributed by atoms with Gasteiger partial charge in [-0.25, -0.2) is 8.99 Å². The third-order valence-electron chi connectivity index (χ3n) is 7.10. The molecule has 2 aliphatic rings. The Morgan fingerprint density at radius 2 is 1.81 bits per heavy atom. The van der Waals surface area contributed by atoms with E-state index >= 15 is 0 Å². The Labute approximate surface area is 189 Å². The molecule has 0 amide bonds. The summed E-state index contributed by atoms with van der Waals surface area (Å²) >= 11 is 0. The van der Waals surface area contributed by atoms with Crippen LogP contribution in [-0.4, -0.2) is 25.1 Å². The molecule has 0 radical (unpaired) electrons. The Balaban J connectivity index is 1.67. The Morgan fingerprint density at radius 1 is 1.09 bits per heavy atom. The Kier molecular flexibility index (Phi) is 5.19. The molecule has 6 nitrogen and oxygen atoms in total. The number of hydrogen-bond acceptors (Lipinski definition) is 4. The van der Waals surface area contributed by atoms with E-state index in [9.17, 15) is 9.00 Å². The minimum Gasteiger partial charge on any atom is -0.382 e. The normalized spacial score (nSPS) is 23.2. The second-order valence-electron chi connectivity index (χ2n) is 9.81. The molecule has 1 unspecified atom stereocenters. The number of aromatic nitrogens is 2. The molecule has 0 saturated heterocycles. The summed E-state index contributed by atoms with van der Waals surface area (Å²) in [7, 11) is -1.06. The zero-order valence-electron chi connectivity index (χ0n) is 19.0. The van der Waals surface area contributed by atoms with Gasteiger partial charge >= 0.3 is 0 Å². The first-order chi connectivity index (χ1) is 15.2. The summed E-state index contributed by atoms with van der Waals surface area (Å²) in [4.78, 5) is 16.5. The van der Waals surface area contributed by atoms with Crippen LogP contribution in [0.15, 0.2) is 40.2 Å². The Bertz CT molecular complexity index is 1340. The Hall–Kier alpha value is -2.54. The molecule has 2 aliphatic carbocycles. The number of aromatic amines is 1. The molecule has 32 heavy (non-hydrogen) atoms. The maximum absolute atomic E-state index is 13.2. The molecule has 2 heterocycles. The van der Waals surface area contributed by atoms with Gasteiger partial charge in [0, 0.05) is 57.3 Å². The van der Waals surface area contributed by atoms with Gasteiger partial charge in [-0.2, -0.15) is 0 Å². The van der Waals surface area contributed by atoms with E-state index in [1.54, 1.807) is 11.6 Å². The molecule has 0 aliphatic heterocycles. The lowest BCUT2D eigenvalue weighted by molar-refractivity contribution is 0.361. The van der Waals surface area contributed by atoms with Gasteiger partial charge in [0.05, 0.1) is 9.73 Å². The number of nitrogens with one attached hydrogen (secondary N) is 3. The van der Waals surface area contributed by atoms with Gasteiger partial charge in [0.1, 0.15) is 5.52 Å². The molecule has 2 saturated carbocycles. The lowest BCUT2D eigenvalue weighted by atomic mass is 9.87. The van der Waals surface area contributed by atoms with E-state index in [0.717, 1.165) is 59.5 Å². The van der Waals surface area contributed by atoms with Crippen molar-refractivity contribution in [3.63, 3.8) is 0 Å². The number of hydrogen-bond donors (Lipinski definition) is 3. The van der Waals surface area contributed by atoms with Gasteiger partial charge < -0.3 is 14.9 Å². The molecule has 7 heteroatoms. The SMILES string of the molecule is Cc1cc2c(-c3cc(S(=N)(=O)C4CC4)ccc3N[C@H]3CC[C@H](C)CC3)cn(C)c(=O)c2[nH]1. The minimum absolute atomic E-state index is 0.0383. The first-order valence-electron chi connectivity index (χ1n) is 11.6. The van der Waals surface area contributed by atoms with Gasteiger partial charge in [-0.1, -0.05) is 6.92 Å². The van der Waals surface area contributed by atoms with E-state index in [2.05, 4.69) is 17.2 Å². The van der Waals surface area contributed by atoms with Crippen molar-refractivity contribution in [2.45, 2.75) is 68.6 Å². The number of anilines is 1. The molecule has 0 spiro atoms. The molecule has 0 bridgehead atoms. The van der Waals surface area contributed by atoms with E-state index in [0.29, 0.717) is 16.5 Å². The molecular formula is C25H32N4O2S. The van der Waals surface area contributed by atoms with Crippen molar-refractivity contribution in [3.8, 4) is 11.1 Å². The number of H-pyrrole nitrogens is 1. The van der Waals surface area contributed by atoms with E-state index in [4.69, 9.17) is 4.78 Å². The highest BCUT2D eigenvalue weighted by atomic mass is 32.2. The van der Waals surface area contributed by atoms with Gasteiger partial charge in [-0.3, -0.25) is 4.79 Å². The second-order valence-corrected chi connectivity index (χ2v) is 12.1. The van der Waals surface area contributed by atoms with E-state index in [1.165, 1.54) is 12.8 Å². The van der Waals surface area contributed by atoms with E-state index in [1.807, 2.05) is 37.4 Å². The summed E-state index contributed by atoms with van der Waals surface area (Å²) in [6.45, 7) is 4.26. The van der Waals surface area contributed by atoms with Crippen LogP contribution in [0.2, 0.25) is 0 Å². The molecule has 170 valence electrons. The summed E-state index contributed by atoms with van der Waals surface area (Å²) < 4.78 is 23.4. The first-order valence-corrected chi connectivity index (χ1v) is 13.2. The molecule has 3 aromatic rings. The average Bonchev–Trinajstić information content (AvgIpc) is 3.55. The van der Waals surface area contributed by atoms with E-state index < -0.39 is 9.73 Å². The van der Waals surface area contributed by atoms with Crippen LogP contribution in [-0.2, 0) is 16.8 Å². The third-order valence-corrected chi connectivity index (χ3v) is 9.46. The highest BCUT2D eigenvalue weighted by Gasteiger charge is 2.34. The molecule has 2 aromatic heterocycles. The first kappa shape index (κ1) is 21.3. The summed E-state index contributed by atoms with van der Waals surface area (Å²) in [5.74, 6) is 0.771. The monoisotopic (exact) mass is 452 g/mol. The van der Waals surface area contributed by atoms with E-state index in [-0.39, 0.29) is 10.8 Å². The zero-order chi connectivity index (χ0) is 22.6. The molecular weight excluding hydrogens is 420 g/mol. The summed E-state index contributed by atoms with van der Waals surface area (Å²) in [5.41, 5.74) is 4.27. The predicted octanol–water partition coefficient (Wildman–Crippen LogP) is 5.40. The number of benzene rings is 1. The van der Waals surface area contributed by atoms with Crippen LogP contribution in [0.3, 0.4) is 0 Å². The van der Waals surface area contributed by atoms with Gasteiger partial charge in [0.25, 0.3) is 5.56 Å². The van der Waals surface area contributed by atoms with Crippen molar-refractivity contribution in [2.75, 3.05) is 5.32 Å². The van der Waals surface area contributed by atoms with Crippen LogP contribution in [0.4, 0.5) is 5.69 Å². The number of fused-ring (bicyclic) bond motifs is 1. The minimum atomic E-state index is -2.82. The maximum atomic E-state index is 13.2. The molecule has 1 atom stereocenters. The summed E-state index contributed by atoms with van der Waals surface area (Å²) in [6.07, 6.45) is 8.28. The Morgan fingerprint density at radius 3 is 2.50 bits per heavy atom. The van der Waals surface area contributed by atoms with Crippen LogP contribution < -0.4 is 10.9 Å². The summed E-state index contributed by atoms with van der Waals surface area (Å²) in [6, 6.07) is 8.20. The van der Waals surface area contributed by atoms with Crippen molar-refractivity contribution in [1.29, 1.82) is 4.78 Å². The second kappa shape index (κ2) is 7.80. The van der Waals surface area contributed by atoms with Crippen LogP contribution in [0, 0.1) is 17.6 Å². The maximum Gasteiger partial charge on any atom is 0.274 e. The van der Waals surface area contributed by atoms with Gasteiger partial charge in [-0.15, -0.1) is 0 Å². The quantitative estimate of drug-likeness (QED) is 0.484. The highest BCUT2D eigenvalue weighted by Crippen LogP contribution is 2.40. The molecule has 2 fully saturated rings. The van der Waals surface area contributed by atoms with Crippen molar-refractivity contribution < 1.29 is 4.21 Å². The van der Waals surface area contributed by atoms with Crippen LogP contribution in [0.1, 0.15) is 51.1 Å². The number of rotatable bonds is 5. The fourth-order valence-corrected chi connectivity index (χ4v) is 6.71. The molecule has 5 rings (SSSR count). The lowest BCUT2D eigenvalue weighted by Gasteiger charge is -2.29. The van der Waals surface area contributed by atoms with Gasteiger partial charge in [-0.05, 0) is 75.6 Å². The number of nitrogens with zero attached hydrogens (tertiary/aromatic N) is 1. The highest BCUT2D eigenvalue weighted by molar-refractivity contribution is 7.93. The zero-order valence-corrected chi connectivity index (χ0v) is 19.8. The fourth-order valence-electron chi connectivity index (χ4n) is 4.96. The van der Waals surface area contributed by atoms with Crippen molar-refractivity contribution in [2.24, 2.45) is 13.0 Å². The average molecular weight is 453 g/mol. The summed E-state index contributed by atoms with van der Waals surface area (Å²) in [5, 5.41) is 4.57. The van der Waals surface area contributed by atoms with Crippen LogP contribution in [0.5, 0.6) is 0 Å². The smallest absolute Gasteiger partial charge is 0.274 e. The lowest BCUT2D eigenvalue weighted by Crippen LogP contribution is -2.25. The van der Waals surface area contributed by atoms with Gasteiger partial charge in [0.15, 0.2) is 0 Å². The van der Waals surface area contributed by atoms with Crippen LogP contribution >= 0.6 is 0 Å². The van der Waals surface area contributed by atoms with Crippen molar-refractivity contribution in [1.82, 2.24) is 9.55 Å². The van der Waals surface area contributed by atoms with Gasteiger partial charge in [0.2, 0.25) is 0 Å². The molecule has 3 N–H and O–H groups in total. The molecule has 1 aromatic carbocycles. The third kappa shape index (κ3) is 3.76.